The maximum atomic E-state index is 14.3. The van der Waals surface area contributed by atoms with Crippen molar-refractivity contribution in [3.8, 4) is 0 Å². The maximum Gasteiger partial charge on any atom is 0.238 e. The monoisotopic (exact) mass is 306 g/mol. The summed E-state index contributed by atoms with van der Waals surface area (Å²) in [5.74, 6) is 0.659. The summed E-state index contributed by atoms with van der Waals surface area (Å²) >= 11 is 0. The molecule has 3 aliphatic rings. The lowest BCUT2D eigenvalue weighted by Crippen LogP contribution is -2.69. The van der Waals surface area contributed by atoms with E-state index in [4.69, 9.17) is 4.74 Å². The number of nitrogens with one attached hydrogen (secondary N) is 1. The second-order valence-corrected chi connectivity index (χ2v) is 6.36. The number of aryl methyl sites for hydroxylation is 1. The first-order chi connectivity index (χ1) is 10.6. The number of carbonyl (C=O) groups excluding carboxylic acids is 1. The minimum atomic E-state index is -1.13. The average molecular weight is 306 g/mol. The summed E-state index contributed by atoms with van der Waals surface area (Å²) < 4.78 is 19.4. The summed E-state index contributed by atoms with van der Waals surface area (Å²) in [6.07, 6.45) is 1.19. The van der Waals surface area contributed by atoms with E-state index < -0.39 is 17.6 Å². The van der Waals surface area contributed by atoms with Crippen molar-refractivity contribution < 1.29 is 13.9 Å². The van der Waals surface area contributed by atoms with Crippen LogP contribution in [0.3, 0.4) is 0 Å². The molecule has 2 atom stereocenters. The van der Waals surface area contributed by atoms with Gasteiger partial charge in [-0.2, -0.15) is 0 Å². The van der Waals surface area contributed by atoms with Gasteiger partial charge in [0.25, 0.3) is 0 Å². The number of nitrogens with zero attached hydrogens (tertiary/aromatic N) is 3. The van der Waals surface area contributed by atoms with E-state index in [1.54, 1.807) is 11.1 Å². The minimum Gasteiger partial charge on any atom is -0.378 e. The fraction of sp³-hybridized carbons (Fsp3) is 0.667. The SMILES string of the molecule is Cc1ncc2c(n1)C1(CNC1)C(=O)N([C@H]1CCOC[C@@H]1F)C2. The number of halogens is 1. The van der Waals surface area contributed by atoms with Crippen molar-refractivity contribution in [2.24, 2.45) is 0 Å². The van der Waals surface area contributed by atoms with Crippen molar-refractivity contribution >= 4 is 5.91 Å². The van der Waals surface area contributed by atoms with Gasteiger partial charge < -0.3 is 15.0 Å². The first-order valence-electron chi connectivity index (χ1n) is 7.68. The molecule has 6 nitrogen and oxygen atoms in total. The molecule has 4 heterocycles. The molecule has 3 aliphatic heterocycles. The number of rotatable bonds is 1. The van der Waals surface area contributed by atoms with Crippen molar-refractivity contribution in [3.63, 3.8) is 0 Å². The van der Waals surface area contributed by atoms with Gasteiger partial charge in [0.15, 0.2) is 0 Å². The van der Waals surface area contributed by atoms with E-state index in [2.05, 4.69) is 15.3 Å². The first kappa shape index (κ1) is 14.0. The van der Waals surface area contributed by atoms with Gasteiger partial charge in [0.05, 0.1) is 18.3 Å². The molecule has 1 aromatic heterocycles. The molecule has 2 saturated heterocycles. The fourth-order valence-corrected chi connectivity index (χ4v) is 3.66. The van der Waals surface area contributed by atoms with Gasteiger partial charge in [-0.25, -0.2) is 14.4 Å². The smallest absolute Gasteiger partial charge is 0.238 e. The maximum absolute atomic E-state index is 14.3. The third-order valence-corrected chi connectivity index (χ3v) is 4.96. The molecule has 0 saturated carbocycles. The number of fused-ring (bicyclic) bond motifs is 2. The summed E-state index contributed by atoms with van der Waals surface area (Å²) in [5, 5.41) is 3.17. The van der Waals surface area contributed by atoms with Crippen LogP contribution in [-0.2, 0) is 21.5 Å². The van der Waals surface area contributed by atoms with Gasteiger partial charge in [-0.05, 0) is 13.3 Å². The molecule has 0 aliphatic carbocycles. The fourth-order valence-electron chi connectivity index (χ4n) is 3.66. The van der Waals surface area contributed by atoms with Crippen LogP contribution in [0.2, 0.25) is 0 Å². The topological polar surface area (TPSA) is 67.4 Å². The Bertz CT molecular complexity index is 620. The molecule has 0 radical (unpaired) electrons. The van der Waals surface area contributed by atoms with E-state index in [9.17, 15) is 9.18 Å². The molecule has 1 spiro atoms. The summed E-state index contributed by atoms with van der Waals surface area (Å²) in [5.41, 5.74) is 1.12. The van der Waals surface area contributed by atoms with Gasteiger partial charge in [-0.3, -0.25) is 4.79 Å². The van der Waals surface area contributed by atoms with Crippen molar-refractivity contribution in [2.45, 2.75) is 37.5 Å². The number of amides is 1. The second-order valence-electron chi connectivity index (χ2n) is 6.36. The Balaban J connectivity index is 1.75. The van der Waals surface area contributed by atoms with E-state index >= 15 is 0 Å². The summed E-state index contributed by atoms with van der Waals surface area (Å²) in [6.45, 7) is 3.90. The van der Waals surface area contributed by atoms with Crippen LogP contribution in [0.4, 0.5) is 4.39 Å². The van der Waals surface area contributed by atoms with Gasteiger partial charge in [-0.1, -0.05) is 0 Å². The summed E-state index contributed by atoms with van der Waals surface area (Å²) in [7, 11) is 0. The van der Waals surface area contributed by atoms with Gasteiger partial charge >= 0.3 is 0 Å². The molecule has 0 bridgehead atoms. The molecular formula is C15H19FN4O2. The van der Waals surface area contributed by atoms with Crippen LogP contribution in [0.5, 0.6) is 0 Å². The van der Waals surface area contributed by atoms with E-state index in [1.165, 1.54) is 0 Å². The average Bonchev–Trinajstić information content (AvgIpc) is 2.46. The van der Waals surface area contributed by atoms with Crippen molar-refractivity contribution in [1.29, 1.82) is 0 Å². The Morgan fingerprint density at radius 3 is 3.00 bits per heavy atom. The van der Waals surface area contributed by atoms with Gasteiger partial charge in [0, 0.05) is 38.0 Å². The lowest BCUT2D eigenvalue weighted by Gasteiger charge is -2.50. The third-order valence-electron chi connectivity index (χ3n) is 4.96. The molecule has 118 valence electrons. The number of ether oxygens (including phenoxy) is 1. The molecule has 1 N–H and O–H groups in total. The van der Waals surface area contributed by atoms with Gasteiger partial charge in [0.2, 0.25) is 5.91 Å². The van der Waals surface area contributed by atoms with E-state index in [0.717, 1.165) is 11.3 Å². The second kappa shape index (κ2) is 4.96. The van der Waals surface area contributed by atoms with Crippen LogP contribution in [-0.4, -0.2) is 59.3 Å². The highest BCUT2D eigenvalue weighted by atomic mass is 19.1. The van der Waals surface area contributed by atoms with Crippen molar-refractivity contribution in [1.82, 2.24) is 20.2 Å². The summed E-state index contributed by atoms with van der Waals surface area (Å²) in [4.78, 5) is 23.5. The van der Waals surface area contributed by atoms with Crippen LogP contribution >= 0.6 is 0 Å². The standard InChI is InChI=1S/C15H19FN4O2/c1-9-18-4-10-5-20(12-2-3-22-6-11(12)16)14(21)15(7-17-8-15)13(10)19-9/h4,11-12,17H,2-3,5-8H2,1H3/t11-,12-/m0/s1. The highest BCUT2D eigenvalue weighted by Crippen LogP contribution is 2.38. The molecule has 1 amide bonds. The third kappa shape index (κ3) is 1.88. The van der Waals surface area contributed by atoms with Crippen LogP contribution in [0.1, 0.15) is 23.5 Å². The molecule has 1 aromatic rings. The predicted octanol–water partition coefficient (Wildman–Crippen LogP) is 0.0952. The van der Waals surface area contributed by atoms with Crippen LogP contribution < -0.4 is 5.32 Å². The number of aromatic nitrogens is 2. The number of hydrogen-bond acceptors (Lipinski definition) is 5. The van der Waals surface area contributed by atoms with Crippen molar-refractivity contribution in [3.05, 3.63) is 23.3 Å². The zero-order valence-corrected chi connectivity index (χ0v) is 12.5. The van der Waals surface area contributed by atoms with Gasteiger partial charge in [0.1, 0.15) is 17.4 Å². The largest absolute Gasteiger partial charge is 0.378 e. The Hall–Kier alpha value is -1.60. The Morgan fingerprint density at radius 2 is 2.32 bits per heavy atom. The van der Waals surface area contributed by atoms with Crippen LogP contribution in [0.15, 0.2) is 6.20 Å². The highest BCUT2D eigenvalue weighted by molar-refractivity contribution is 5.91. The molecule has 22 heavy (non-hydrogen) atoms. The zero-order valence-electron chi connectivity index (χ0n) is 12.5. The number of carbonyl (C=O) groups is 1. The van der Waals surface area contributed by atoms with Gasteiger partial charge in [-0.15, -0.1) is 0 Å². The Kier molecular flexibility index (Phi) is 3.16. The quantitative estimate of drug-likeness (QED) is 0.797. The normalized spacial score (nSPS) is 30.1. The van der Waals surface area contributed by atoms with E-state index in [0.29, 0.717) is 38.5 Å². The predicted molar refractivity (Wildman–Crippen MR) is 76.0 cm³/mol. The molecule has 7 heteroatoms. The molecule has 0 aromatic carbocycles. The lowest BCUT2D eigenvalue weighted by atomic mass is 9.72. The summed E-state index contributed by atoms with van der Waals surface area (Å²) in [6, 6.07) is -0.409. The molecule has 0 unspecified atom stereocenters. The number of alkyl halides is 1. The van der Waals surface area contributed by atoms with Crippen LogP contribution in [0.25, 0.3) is 0 Å². The van der Waals surface area contributed by atoms with E-state index in [-0.39, 0.29) is 12.5 Å². The molecule has 2 fully saturated rings. The van der Waals surface area contributed by atoms with Crippen molar-refractivity contribution in [2.75, 3.05) is 26.3 Å². The Morgan fingerprint density at radius 1 is 1.50 bits per heavy atom. The highest BCUT2D eigenvalue weighted by Gasteiger charge is 2.55. The first-order valence-corrected chi connectivity index (χ1v) is 7.68. The zero-order chi connectivity index (χ0) is 15.3. The molecule has 4 rings (SSSR count). The molecular weight excluding hydrogens is 287 g/mol. The van der Waals surface area contributed by atoms with E-state index in [1.807, 2.05) is 6.92 Å². The number of hydrogen-bond donors (Lipinski definition) is 1. The minimum absolute atomic E-state index is 0.00796. The Labute approximate surface area is 128 Å². The van der Waals surface area contributed by atoms with Crippen LogP contribution in [0, 0.1) is 6.92 Å². The lowest BCUT2D eigenvalue weighted by molar-refractivity contribution is -0.150.